The smallest absolute Gasteiger partial charge is 0.254 e. The van der Waals surface area contributed by atoms with E-state index in [0.717, 1.165) is 25.7 Å². The van der Waals surface area contributed by atoms with Crippen LogP contribution < -0.4 is 5.32 Å². The Morgan fingerprint density at radius 1 is 1.47 bits per heavy atom. The fourth-order valence-electron chi connectivity index (χ4n) is 2.41. The van der Waals surface area contributed by atoms with Crippen molar-refractivity contribution in [1.82, 2.24) is 5.32 Å². The first kappa shape index (κ1) is 14.8. The lowest BCUT2D eigenvalue weighted by atomic mass is 9.89. The van der Waals surface area contributed by atoms with Gasteiger partial charge in [0, 0.05) is 16.4 Å². The minimum Gasteiger partial charge on any atom is -0.352 e. The average molecular weight is 349 g/mol. The molecule has 19 heavy (non-hydrogen) atoms. The van der Waals surface area contributed by atoms with Crippen LogP contribution in [0.4, 0.5) is 4.39 Å². The zero-order chi connectivity index (χ0) is 13.8. The van der Waals surface area contributed by atoms with E-state index in [2.05, 4.69) is 21.2 Å². The Kier molecular flexibility index (Phi) is 5.22. The van der Waals surface area contributed by atoms with Gasteiger partial charge in [-0.15, -0.1) is 11.6 Å². The van der Waals surface area contributed by atoms with E-state index < -0.39 is 5.82 Å². The van der Waals surface area contributed by atoms with Gasteiger partial charge in [-0.1, -0.05) is 22.4 Å². The highest BCUT2D eigenvalue weighted by Crippen LogP contribution is 2.27. The average Bonchev–Trinajstić information content (AvgIpc) is 2.39. The van der Waals surface area contributed by atoms with Gasteiger partial charge in [-0.05, 0) is 43.4 Å². The van der Waals surface area contributed by atoms with Gasteiger partial charge in [0.05, 0.1) is 5.56 Å². The molecule has 0 aliphatic heterocycles. The molecule has 0 spiro atoms. The van der Waals surface area contributed by atoms with E-state index in [9.17, 15) is 9.18 Å². The molecule has 1 N–H and O–H groups in total. The lowest BCUT2D eigenvalue weighted by Crippen LogP contribution is -2.32. The van der Waals surface area contributed by atoms with Crippen molar-refractivity contribution in [3.63, 3.8) is 0 Å². The van der Waals surface area contributed by atoms with Crippen LogP contribution >= 0.6 is 27.5 Å². The lowest BCUT2D eigenvalue weighted by molar-refractivity contribution is 0.0939. The molecule has 0 saturated heterocycles. The monoisotopic (exact) mass is 347 g/mol. The van der Waals surface area contributed by atoms with Crippen LogP contribution in [0.25, 0.3) is 0 Å². The third-order valence-electron chi connectivity index (χ3n) is 3.44. The molecule has 0 bridgehead atoms. The molecule has 0 radical (unpaired) electrons. The van der Waals surface area contributed by atoms with Crippen molar-refractivity contribution in [3.05, 3.63) is 34.1 Å². The highest BCUT2D eigenvalue weighted by Gasteiger charge is 2.21. The van der Waals surface area contributed by atoms with Crippen LogP contribution in [0.15, 0.2) is 22.7 Å². The maximum atomic E-state index is 13.5. The van der Waals surface area contributed by atoms with Gasteiger partial charge in [0.15, 0.2) is 0 Å². The van der Waals surface area contributed by atoms with Crippen molar-refractivity contribution in [1.29, 1.82) is 0 Å². The molecular weight excluding hydrogens is 333 g/mol. The molecule has 0 heterocycles. The zero-order valence-corrected chi connectivity index (χ0v) is 12.8. The van der Waals surface area contributed by atoms with Crippen molar-refractivity contribution in [2.75, 3.05) is 6.54 Å². The molecule has 1 fully saturated rings. The first-order valence-electron chi connectivity index (χ1n) is 6.43. The van der Waals surface area contributed by atoms with Crippen LogP contribution in [0.2, 0.25) is 0 Å². The minimum atomic E-state index is -0.500. The number of carbonyl (C=O) groups is 1. The van der Waals surface area contributed by atoms with Gasteiger partial charge in [-0.25, -0.2) is 4.39 Å². The molecule has 1 aliphatic rings. The highest BCUT2D eigenvalue weighted by atomic mass is 79.9. The van der Waals surface area contributed by atoms with Gasteiger partial charge in [0.1, 0.15) is 5.82 Å². The van der Waals surface area contributed by atoms with E-state index >= 15 is 0 Å². The molecule has 0 aromatic heterocycles. The maximum absolute atomic E-state index is 13.5. The summed E-state index contributed by atoms with van der Waals surface area (Å²) in [4.78, 5) is 11.9. The summed E-state index contributed by atoms with van der Waals surface area (Å²) in [6, 6.07) is 4.36. The second-order valence-electron chi connectivity index (χ2n) is 4.96. The second-order valence-corrected chi connectivity index (χ2v) is 6.50. The summed E-state index contributed by atoms with van der Waals surface area (Å²) in [7, 11) is 0. The van der Waals surface area contributed by atoms with Crippen LogP contribution in [-0.2, 0) is 0 Å². The van der Waals surface area contributed by atoms with E-state index in [4.69, 9.17) is 11.6 Å². The first-order valence-corrected chi connectivity index (χ1v) is 7.66. The lowest BCUT2D eigenvalue weighted by Gasteiger charge is -2.25. The molecular formula is C14H16BrClFNO. The summed E-state index contributed by atoms with van der Waals surface area (Å²) < 4.78 is 14.2. The van der Waals surface area contributed by atoms with Crippen molar-refractivity contribution < 1.29 is 9.18 Å². The Labute approximate surface area is 125 Å². The normalized spacial score (nSPS) is 23.1. The minimum absolute atomic E-state index is 0.0765. The van der Waals surface area contributed by atoms with E-state index in [1.165, 1.54) is 12.1 Å². The Morgan fingerprint density at radius 3 is 3.00 bits per heavy atom. The van der Waals surface area contributed by atoms with E-state index in [-0.39, 0.29) is 16.8 Å². The topological polar surface area (TPSA) is 29.1 Å². The van der Waals surface area contributed by atoms with Crippen LogP contribution in [0.3, 0.4) is 0 Å². The molecule has 2 unspecified atom stereocenters. The zero-order valence-electron chi connectivity index (χ0n) is 10.5. The number of hydrogen-bond donors (Lipinski definition) is 1. The number of nitrogens with one attached hydrogen (secondary N) is 1. The van der Waals surface area contributed by atoms with Crippen molar-refractivity contribution in [2.45, 2.75) is 31.1 Å². The quantitative estimate of drug-likeness (QED) is 0.818. The maximum Gasteiger partial charge on any atom is 0.254 e. The fourth-order valence-corrected chi connectivity index (χ4v) is 3.18. The largest absolute Gasteiger partial charge is 0.352 e. The van der Waals surface area contributed by atoms with Crippen molar-refractivity contribution in [3.8, 4) is 0 Å². The standard InChI is InChI=1S/C14H16BrClFNO/c15-10-4-5-13(17)12(7-10)14(19)18-8-9-2-1-3-11(16)6-9/h4-5,7,9,11H,1-3,6,8H2,(H,18,19). The predicted molar refractivity (Wildman–Crippen MR) is 78.0 cm³/mol. The Bertz CT molecular complexity index is 469. The van der Waals surface area contributed by atoms with Crippen LogP contribution in [0.5, 0.6) is 0 Å². The number of hydrogen-bond acceptors (Lipinski definition) is 1. The number of benzene rings is 1. The molecule has 1 saturated carbocycles. The molecule has 2 atom stereocenters. The van der Waals surface area contributed by atoms with Crippen LogP contribution in [-0.4, -0.2) is 17.8 Å². The molecule has 1 aromatic rings. The number of carbonyl (C=O) groups excluding carboxylic acids is 1. The van der Waals surface area contributed by atoms with Gasteiger partial charge >= 0.3 is 0 Å². The van der Waals surface area contributed by atoms with E-state index in [1.54, 1.807) is 6.07 Å². The Hall–Kier alpha value is -0.610. The van der Waals surface area contributed by atoms with E-state index in [1.807, 2.05) is 0 Å². The molecule has 2 nitrogen and oxygen atoms in total. The Balaban J connectivity index is 1.92. The molecule has 1 amide bonds. The van der Waals surface area contributed by atoms with Crippen molar-refractivity contribution in [2.24, 2.45) is 5.92 Å². The van der Waals surface area contributed by atoms with Crippen LogP contribution in [0, 0.1) is 11.7 Å². The third-order valence-corrected chi connectivity index (χ3v) is 4.33. The van der Waals surface area contributed by atoms with Gasteiger partial charge in [-0.3, -0.25) is 4.79 Å². The van der Waals surface area contributed by atoms with Gasteiger partial charge in [-0.2, -0.15) is 0 Å². The van der Waals surface area contributed by atoms with Crippen LogP contribution in [0.1, 0.15) is 36.0 Å². The number of alkyl halides is 1. The summed E-state index contributed by atoms with van der Waals surface area (Å²) in [6.07, 6.45) is 4.14. The van der Waals surface area contributed by atoms with E-state index in [0.29, 0.717) is 16.9 Å². The summed E-state index contributed by atoms with van der Waals surface area (Å²) in [5.41, 5.74) is 0.0765. The number of halogens is 3. The molecule has 5 heteroatoms. The highest BCUT2D eigenvalue weighted by molar-refractivity contribution is 9.10. The summed E-state index contributed by atoms with van der Waals surface area (Å²) in [5.74, 6) is -0.467. The summed E-state index contributed by atoms with van der Waals surface area (Å²) >= 11 is 9.35. The Morgan fingerprint density at radius 2 is 2.26 bits per heavy atom. The number of amides is 1. The molecule has 2 rings (SSSR count). The van der Waals surface area contributed by atoms with Crippen molar-refractivity contribution >= 4 is 33.4 Å². The summed E-state index contributed by atoms with van der Waals surface area (Å²) in [6.45, 7) is 0.563. The third kappa shape index (κ3) is 4.18. The predicted octanol–water partition coefficient (Wildman–Crippen LogP) is 4.12. The van der Waals surface area contributed by atoms with Gasteiger partial charge in [0.2, 0.25) is 0 Å². The molecule has 104 valence electrons. The first-order chi connectivity index (χ1) is 9.06. The second kappa shape index (κ2) is 6.71. The number of rotatable bonds is 3. The molecule has 1 aliphatic carbocycles. The van der Waals surface area contributed by atoms with Gasteiger partial charge in [0.25, 0.3) is 5.91 Å². The van der Waals surface area contributed by atoms with Gasteiger partial charge < -0.3 is 5.32 Å². The fraction of sp³-hybridized carbons (Fsp3) is 0.500. The SMILES string of the molecule is O=C(NCC1CCCC(Cl)C1)c1cc(Br)ccc1F. The summed E-state index contributed by atoms with van der Waals surface area (Å²) in [5, 5.41) is 3.01. The molecule has 1 aromatic carbocycles.